The molecule has 0 aliphatic carbocycles. The quantitative estimate of drug-likeness (QED) is 0.782. The number of carboxylic acid groups (broad SMARTS) is 1. The highest BCUT2D eigenvalue weighted by molar-refractivity contribution is 5.82. The van der Waals surface area contributed by atoms with Gasteiger partial charge in [-0.2, -0.15) is 4.98 Å². The van der Waals surface area contributed by atoms with E-state index in [-0.39, 0.29) is 18.6 Å². The third-order valence-corrected chi connectivity index (χ3v) is 4.97. The maximum Gasteiger partial charge on any atom is 0.408 e. The number of likely N-dealkylation sites (N-methyl/N-ethyl adjacent to an activating group) is 1. The number of hydrogen-bond acceptors (Lipinski definition) is 6. The Hall–Kier alpha value is -2.61. The number of fused-ring (bicyclic) bond motifs is 1. The fraction of sp³-hybridized carbons (Fsp3) is 0.550. The van der Waals surface area contributed by atoms with Crippen molar-refractivity contribution in [2.45, 2.75) is 52.7 Å². The minimum atomic E-state index is -1.01. The van der Waals surface area contributed by atoms with Gasteiger partial charge in [0.05, 0.1) is 10.9 Å². The zero-order chi connectivity index (χ0) is 21.2. The Morgan fingerprint density at radius 2 is 1.96 bits per heavy atom. The van der Waals surface area contributed by atoms with Crippen LogP contribution in [0.1, 0.15) is 38.8 Å². The molecule has 1 heterocycles. The summed E-state index contributed by atoms with van der Waals surface area (Å²) < 4.78 is 5.35. The molecule has 0 radical (unpaired) electrons. The lowest BCUT2D eigenvalue weighted by molar-refractivity contribution is 0.0955. The summed E-state index contributed by atoms with van der Waals surface area (Å²) in [5, 5.41) is 13.0. The molecule has 0 saturated carbocycles. The van der Waals surface area contributed by atoms with E-state index in [0.717, 1.165) is 5.56 Å². The highest BCUT2D eigenvalue weighted by atomic mass is 16.4. The second kappa shape index (κ2) is 8.18. The van der Waals surface area contributed by atoms with E-state index in [1.807, 2.05) is 52.8 Å². The van der Waals surface area contributed by atoms with Crippen molar-refractivity contribution in [3.8, 4) is 0 Å². The van der Waals surface area contributed by atoms with E-state index >= 15 is 0 Å². The first-order chi connectivity index (χ1) is 12.9. The molecule has 1 aromatic heterocycles. The summed E-state index contributed by atoms with van der Waals surface area (Å²) in [6.45, 7) is 10.1. The first-order valence-electron chi connectivity index (χ1n) is 9.26. The van der Waals surface area contributed by atoms with Crippen molar-refractivity contribution < 1.29 is 14.3 Å². The van der Waals surface area contributed by atoms with Gasteiger partial charge >= 0.3 is 11.7 Å². The molecule has 2 aromatic rings. The summed E-state index contributed by atoms with van der Waals surface area (Å²) in [6.07, 6.45) is -1.01. The van der Waals surface area contributed by atoms with Crippen LogP contribution in [0.25, 0.3) is 10.9 Å². The molecule has 0 aliphatic heterocycles. The maximum absolute atomic E-state index is 12.6. The monoisotopic (exact) mass is 390 g/mol. The number of rotatable bonds is 6. The van der Waals surface area contributed by atoms with Crippen LogP contribution in [-0.2, 0) is 6.54 Å². The van der Waals surface area contributed by atoms with Crippen molar-refractivity contribution in [3.63, 3.8) is 0 Å². The molecule has 0 spiro atoms. The summed E-state index contributed by atoms with van der Waals surface area (Å²) >= 11 is 0. The summed E-state index contributed by atoms with van der Waals surface area (Å²) in [6, 6.07) is 3.97. The van der Waals surface area contributed by atoms with E-state index in [9.17, 15) is 14.7 Å². The van der Waals surface area contributed by atoms with Gasteiger partial charge in [0.2, 0.25) is 0 Å². The molecule has 8 heteroatoms. The predicted octanol–water partition coefficient (Wildman–Crippen LogP) is 3.14. The molecular weight excluding hydrogens is 360 g/mol. The highest BCUT2D eigenvalue weighted by Crippen LogP contribution is 2.24. The van der Waals surface area contributed by atoms with Gasteiger partial charge in [0.25, 0.3) is 6.01 Å². The number of anilines is 1. The Labute approximate surface area is 165 Å². The molecule has 0 fully saturated rings. The van der Waals surface area contributed by atoms with E-state index in [4.69, 9.17) is 4.42 Å². The van der Waals surface area contributed by atoms with E-state index in [1.165, 1.54) is 4.90 Å². The molecule has 2 N–H and O–H groups in total. The lowest BCUT2D eigenvalue weighted by atomic mass is 10.0. The molecule has 1 amide bonds. The predicted molar refractivity (Wildman–Crippen MR) is 110 cm³/mol. The highest BCUT2D eigenvalue weighted by Gasteiger charge is 2.27. The molecule has 0 saturated heterocycles. The van der Waals surface area contributed by atoms with Crippen LogP contribution in [0.2, 0.25) is 0 Å². The Morgan fingerprint density at radius 3 is 2.50 bits per heavy atom. The van der Waals surface area contributed by atoms with Crippen molar-refractivity contribution in [1.82, 2.24) is 14.8 Å². The number of nitrogens with zero attached hydrogens (tertiary/aromatic N) is 3. The Kier molecular flexibility index (Phi) is 6.34. The van der Waals surface area contributed by atoms with Crippen LogP contribution in [-0.4, -0.2) is 58.2 Å². The first kappa shape index (κ1) is 21.7. The fourth-order valence-corrected chi connectivity index (χ4v) is 2.79. The minimum absolute atomic E-state index is 0.181. The summed E-state index contributed by atoms with van der Waals surface area (Å²) in [5.41, 5.74) is 0.910. The molecule has 0 bridgehead atoms. The van der Waals surface area contributed by atoms with Gasteiger partial charge in [-0.15, -0.1) is 0 Å². The van der Waals surface area contributed by atoms with Crippen LogP contribution < -0.4 is 10.9 Å². The Morgan fingerprint density at radius 1 is 1.32 bits per heavy atom. The van der Waals surface area contributed by atoms with Gasteiger partial charge in [-0.3, -0.25) is 4.90 Å². The number of carbonyl (C=O) groups is 1. The van der Waals surface area contributed by atoms with Crippen molar-refractivity contribution in [2.24, 2.45) is 0 Å². The van der Waals surface area contributed by atoms with Crippen LogP contribution >= 0.6 is 0 Å². The Balaban J connectivity index is 2.38. The van der Waals surface area contributed by atoms with Gasteiger partial charge < -0.3 is 19.7 Å². The normalized spacial score (nSPS) is 13.0. The van der Waals surface area contributed by atoms with E-state index in [0.29, 0.717) is 23.0 Å². The van der Waals surface area contributed by atoms with Crippen molar-refractivity contribution in [1.29, 1.82) is 0 Å². The van der Waals surface area contributed by atoms with Crippen LogP contribution in [0.4, 0.5) is 10.8 Å². The zero-order valence-electron chi connectivity index (χ0n) is 17.7. The third kappa shape index (κ3) is 4.81. The fourth-order valence-electron chi connectivity index (χ4n) is 2.79. The number of nitrogens with one attached hydrogen (secondary N) is 1. The van der Waals surface area contributed by atoms with Crippen molar-refractivity contribution in [2.75, 3.05) is 26.0 Å². The third-order valence-electron chi connectivity index (χ3n) is 4.97. The molecule has 2 rings (SSSR count). The topological polar surface area (TPSA) is 98.9 Å². The zero-order valence-corrected chi connectivity index (χ0v) is 17.7. The lowest BCUT2D eigenvalue weighted by Crippen LogP contribution is -2.44. The molecule has 1 aromatic carbocycles. The van der Waals surface area contributed by atoms with Crippen LogP contribution in [0.5, 0.6) is 0 Å². The summed E-state index contributed by atoms with van der Waals surface area (Å²) in [5.74, 6) is 0. The minimum Gasteiger partial charge on any atom is -0.465 e. The van der Waals surface area contributed by atoms with Gasteiger partial charge in [-0.25, -0.2) is 9.59 Å². The van der Waals surface area contributed by atoms with Crippen LogP contribution in [0.15, 0.2) is 21.3 Å². The maximum atomic E-state index is 12.6. The second-order valence-corrected chi connectivity index (χ2v) is 8.28. The average Bonchev–Trinajstić information content (AvgIpc) is 2.57. The number of hydrogen-bond donors (Lipinski definition) is 2. The van der Waals surface area contributed by atoms with Gasteiger partial charge in [-0.05, 0) is 65.9 Å². The first-order valence-corrected chi connectivity index (χ1v) is 9.26. The summed E-state index contributed by atoms with van der Waals surface area (Å²) in [4.78, 5) is 32.0. The molecule has 0 aliphatic rings. The number of aryl methyl sites for hydroxylation is 1. The molecule has 1 atom stereocenters. The van der Waals surface area contributed by atoms with Gasteiger partial charge in [0.15, 0.2) is 0 Å². The SMILES string of the molecule is Cc1c(CN(C(=O)O)C(C)(C)C)ccc2nc(NCC(C)N(C)C)oc(=O)c12. The van der Waals surface area contributed by atoms with Crippen molar-refractivity contribution in [3.05, 3.63) is 33.7 Å². The smallest absolute Gasteiger partial charge is 0.408 e. The number of amides is 1. The molecule has 1 unspecified atom stereocenters. The van der Waals surface area contributed by atoms with Crippen LogP contribution in [0, 0.1) is 6.92 Å². The molecule has 28 heavy (non-hydrogen) atoms. The molecule has 8 nitrogen and oxygen atoms in total. The number of aromatic nitrogens is 1. The molecular formula is C20H30N4O4. The van der Waals surface area contributed by atoms with Gasteiger partial charge in [0, 0.05) is 24.7 Å². The van der Waals surface area contributed by atoms with E-state index in [2.05, 4.69) is 10.3 Å². The van der Waals surface area contributed by atoms with Gasteiger partial charge in [-0.1, -0.05) is 6.07 Å². The Bertz CT molecular complexity index is 915. The number of benzene rings is 1. The van der Waals surface area contributed by atoms with Gasteiger partial charge in [0.1, 0.15) is 0 Å². The molecule has 154 valence electrons. The van der Waals surface area contributed by atoms with E-state index < -0.39 is 17.3 Å². The lowest BCUT2D eigenvalue weighted by Gasteiger charge is -2.33. The van der Waals surface area contributed by atoms with Crippen LogP contribution in [0.3, 0.4) is 0 Å². The van der Waals surface area contributed by atoms with Crippen molar-refractivity contribution >= 4 is 23.0 Å². The average molecular weight is 390 g/mol. The standard InChI is InChI=1S/C20H30N4O4/c1-12(23(6)7)10-21-18-22-15-9-8-14(13(2)16(15)17(25)28-18)11-24(19(26)27)20(3,4)5/h8-9,12H,10-11H2,1-7H3,(H,21,22)(H,26,27). The van der Waals surface area contributed by atoms with E-state index in [1.54, 1.807) is 13.0 Å². The largest absolute Gasteiger partial charge is 0.465 e. The summed E-state index contributed by atoms with van der Waals surface area (Å²) in [7, 11) is 3.94. The second-order valence-electron chi connectivity index (χ2n) is 8.28.